The molecule has 0 fully saturated rings. The molecule has 0 unspecified atom stereocenters. The first kappa shape index (κ1) is 56.6. The van der Waals surface area contributed by atoms with Crippen molar-refractivity contribution in [2.75, 3.05) is 0 Å². The van der Waals surface area contributed by atoms with Crippen LogP contribution in [-0.2, 0) is 19.3 Å². The zero-order valence-corrected chi connectivity index (χ0v) is 38.2. The van der Waals surface area contributed by atoms with E-state index in [0.29, 0.717) is 16.2 Å². The summed E-state index contributed by atoms with van der Waals surface area (Å²) in [5.74, 6) is 1.92. The highest BCUT2D eigenvalue weighted by Gasteiger charge is 2.20. The summed E-state index contributed by atoms with van der Waals surface area (Å²) in [4.78, 5) is 0. The van der Waals surface area contributed by atoms with Crippen molar-refractivity contribution in [2.45, 2.75) is 248 Å². The van der Waals surface area contributed by atoms with Crippen molar-refractivity contribution >= 4 is 0 Å². The summed E-state index contributed by atoms with van der Waals surface area (Å²) in [6.07, 6.45) is 20.8. The second kappa shape index (κ2) is 36.0. The predicted molar refractivity (Wildman–Crippen MR) is 231 cm³/mol. The average molecular weight is 677 g/mol. The SMILES string of the molecule is CCC(C)(C)C.CCC(C)(CC)CC.CCC(C)CC.CCC(CC)(CC)CC.CCC(CC)CC.CCc1ccc(CC)c(CC)c1. The van der Waals surface area contributed by atoms with Gasteiger partial charge in [0.15, 0.2) is 0 Å². The Kier molecular flexibility index (Phi) is 42.5. The Morgan fingerprint density at radius 2 is 0.792 bits per heavy atom. The van der Waals surface area contributed by atoms with E-state index in [1.54, 1.807) is 0 Å². The number of aryl methyl sites for hydroxylation is 3. The van der Waals surface area contributed by atoms with E-state index in [1.807, 2.05) is 0 Å². The Morgan fingerprint density at radius 3 is 0.917 bits per heavy atom. The molecule has 0 heterocycles. The van der Waals surface area contributed by atoms with Crippen molar-refractivity contribution in [1.82, 2.24) is 0 Å². The molecule has 0 saturated carbocycles. The van der Waals surface area contributed by atoms with Crippen LogP contribution in [0.25, 0.3) is 0 Å². The highest BCUT2D eigenvalue weighted by molar-refractivity contribution is 5.32. The molecule has 0 aliphatic rings. The molecule has 0 nitrogen and oxygen atoms in total. The van der Waals surface area contributed by atoms with Crippen LogP contribution in [0.3, 0.4) is 0 Å². The molecule has 0 N–H and O–H groups in total. The van der Waals surface area contributed by atoms with Gasteiger partial charge in [-0.25, -0.2) is 0 Å². The van der Waals surface area contributed by atoms with Gasteiger partial charge in [0.2, 0.25) is 0 Å². The Balaban J connectivity index is -0.000000157. The smallest absolute Gasteiger partial charge is 0.0305 e. The molecule has 0 spiro atoms. The Bertz CT molecular complexity index is 701. The normalized spacial score (nSPS) is 11.1. The molecule has 0 atom stereocenters. The van der Waals surface area contributed by atoms with Gasteiger partial charge in [0.1, 0.15) is 0 Å². The van der Waals surface area contributed by atoms with Crippen LogP contribution in [0.4, 0.5) is 0 Å². The van der Waals surface area contributed by atoms with Crippen LogP contribution in [0.2, 0.25) is 0 Å². The monoisotopic (exact) mass is 677 g/mol. The fourth-order valence-corrected chi connectivity index (χ4v) is 4.98. The second-order valence-corrected chi connectivity index (χ2v) is 15.9. The molecule has 0 bridgehead atoms. The van der Waals surface area contributed by atoms with E-state index in [1.165, 1.54) is 100 Å². The third-order valence-corrected chi connectivity index (χ3v) is 12.2. The Morgan fingerprint density at radius 1 is 0.438 bits per heavy atom. The van der Waals surface area contributed by atoms with Crippen LogP contribution in [0, 0.1) is 28.1 Å². The summed E-state index contributed by atoms with van der Waals surface area (Å²) in [5, 5.41) is 0. The van der Waals surface area contributed by atoms with Crippen molar-refractivity contribution in [3.8, 4) is 0 Å². The van der Waals surface area contributed by atoms with Gasteiger partial charge in [0.05, 0.1) is 0 Å². The first-order valence-corrected chi connectivity index (χ1v) is 21.6. The molecule has 1 aromatic carbocycles. The number of rotatable bonds is 15. The molecule has 48 heavy (non-hydrogen) atoms. The van der Waals surface area contributed by atoms with Crippen molar-refractivity contribution in [3.63, 3.8) is 0 Å². The van der Waals surface area contributed by atoms with Crippen LogP contribution in [0.1, 0.15) is 246 Å². The van der Waals surface area contributed by atoms with Gasteiger partial charge < -0.3 is 0 Å². The van der Waals surface area contributed by atoms with Gasteiger partial charge in [0.25, 0.3) is 0 Å². The number of benzene rings is 1. The molecular formula is C48H100. The number of hydrogen-bond acceptors (Lipinski definition) is 0. The fraction of sp³-hybridized carbons (Fsp3) is 0.875. The summed E-state index contributed by atoms with van der Waals surface area (Å²) >= 11 is 0. The van der Waals surface area contributed by atoms with E-state index in [-0.39, 0.29) is 0 Å². The summed E-state index contributed by atoms with van der Waals surface area (Å²) < 4.78 is 0. The zero-order valence-electron chi connectivity index (χ0n) is 38.2. The zero-order chi connectivity index (χ0) is 38.8. The summed E-state index contributed by atoms with van der Waals surface area (Å²) in [6.45, 7) is 47.5. The van der Waals surface area contributed by atoms with Crippen LogP contribution >= 0.6 is 0 Å². The third kappa shape index (κ3) is 32.4. The third-order valence-electron chi connectivity index (χ3n) is 12.2. The van der Waals surface area contributed by atoms with Crippen molar-refractivity contribution < 1.29 is 0 Å². The molecule has 1 rings (SSSR count). The van der Waals surface area contributed by atoms with E-state index in [0.717, 1.165) is 31.1 Å². The topological polar surface area (TPSA) is 0 Å². The van der Waals surface area contributed by atoms with E-state index >= 15 is 0 Å². The molecule has 0 radical (unpaired) electrons. The minimum atomic E-state index is 0.542. The van der Waals surface area contributed by atoms with Gasteiger partial charge in [0, 0.05) is 0 Å². The van der Waals surface area contributed by atoms with Gasteiger partial charge in [-0.05, 0) is 64.0 Å². The molecule has 0 aromatic heterocycles. The lowest BCUT2D eigenvalue weighted by Crippen LogP contribution is -2.15. The first-order valence-electron chi connectivity index (χ1n) is 21.6. The van der Waals surface area contributed by atoms with E-state index in [2.05, 4.69) is 164 Å². The highest BCUT2D eigenvalue weighted by Crippen LogP contribution is 2.33. The Labute approximate surface area is 310 Å². The lowest BCUT2D eigenvalue weighted by molar-refractivity contribution is 0.240. The summed E-state index contributed by atoms with van der Waals surface area (Å²) in [6, 6.07) is 6.87. The molecule has 0 saturated heterocycles. The lowest BCUT2D eigenvalue weighted by Gasteiger charge is -2.28. The van der Waals surface area contributed by atoms with Gasteiger partial charge in [-0.2, -0.15) is 0 Å². The average Bonchev–Trinajstić information content (AvgIpc) is 3.13. The maximum Gasteiger partial charge on any atom is -0.0305 e. The van der Waals surface area contributed by atoms with Crippen LogP contribution in [0.5, 0.6) is 0 Å². The van der Waals surface area contributed by atoms with Gasteiger partial charge in [-0.15, -0.1) is 0 Å². The van der Waals surface area contributed by atoms with Crippen LogP contribution in [-0.4, -0.2) is 0 Å². The Hall–Kier alpha value is -0.780. The largest absolute Gasteiger partial charge is 0.0651 e. The standard InChI is InChI=1S/C12H18.C9H20.C8H18.C7H16.2C6H14/c1-4-10-7-8-11(5-2)12(6-3)9-10;1-5-9(6-2,7-3)8-4;1-5-8(4,6-2)7-3;1-4-7(5-2)6-3;1-5-6(2,3)4;1-4-6(3)5-2/h7-9H,4-6H2,1-3H3;5-8H2,1-4H3;5-7H2,1-4H3;7H,4-6H2,1-3H3;5H2,1-4H3;6H,4-5H2,1-3H3. The maximum atomic E-state index is 2.35. The van der Waals surface area contributed by atoms with Crippen molar-refractivity contribution in [2.24, 2.45) is 28.1 Å². The van der Waals surface area contributed by atoms with E-state index < -0.39 is 0 Å². The number of hydrogen-bond donors (Lipinski definition) is 0. The minimum absolute atomic E-state index is 0.542. The second-order valence-electron chi connectivity index (χ2n) is 15.9. The highest BCUT2D eigenvalue weighted by atomic mass is 14.3. The molecular weight excluding hydrogens is 577 g/mol. The van der Waals surface area contributed by atoms with E-state index in [9.17, 15) is 0 Å². The molecule has 0 amide bonds. The molecule has 0 aliphatic carbocycles. The molecule has 292 valence electrons. The van der Waals surface area contributed by atoms with Crippen LogP contribution in [0.15, 0.2) is 18.2 Å². The molecule has 0 heteroatoms. The fourth-order valence-electron chi connectivity index (χ4n) is 4.98. The van der Waals surface area contributed by atoms with Gasteiger partial charge >= 0.3 is 0 Å². The molecule has 0 aliphatic heterocycles. The van der Waals surface area contributed by atoms with E-state index in [4.69, 9.17) is 0 Å². The summed E-state index contributed by atoms with van der Waals surface area (Å²) in [5.41, 5.74) is 6.33. The summed E-state index contributed by atoms with van der Waals surface area (Å²) in [7, 11) is 0. The van der Waals surface area contributed by atoms with Gasteiger partial charge in [-0.1, -0.05) is 247 Å². The predicted octanol–water partition coefficient (Wildman–Crippen LogP) is 17.9. The minimum Gasteiger partial charge on any atom is -0.0651 e. The maximum absolute atomic E-state index is 2.35. The lowest BCUT2D eigenvalue weighted by atomic mass is 9.78. The molecule has 1 aromatic rings. The quantitative estimate of drug-likeness (QED) is 0.173. The van der Waals surface area contributed by atoms with Gasteiger partial charge in [-0.3, -0.25) is 0 Å². The van der Waals surface area contributed by atoms with Crippen LogP contribution < -0.4 is 0 Å². The first-order chi connectivity index (χ1) is 22.5. The van der Waals surface area contributed by atoms with Crippen molar-refractivity contribution in [1.29, 1.82) is 0 Å². The van der Waals surface area contributed by atoms with Crippen molar-refractivity contribution in [3.05, 3.63) is 34.9 Å².